The van der Waals surface area contributed by atoms with Crippen molar-refractivity contribution < 1.29 is 14.3 Å². The highest BCUT2D eigenvalue weighted by Crippen LogP contribution is 2.19. The van der Waals surface area contributed by atoms with E-state index in [4.69, 9.17) is 9.47 Å². The Labute approximate surface area is 124 Å². The van der Waals surface area contributed by atoms with Crippen molar-refractivity contribution in [3.05, 3.63) is 60.2 Å². The van der Waals surface area contributed by atoms with E-state index in [1.54, 1.807) is 44.6 Å². The van der Waals surface area contributed by atoms with E-state index in [9.17, 15) is 4.79 Å². The van der Waals surface area contributed by atoms with Gasteiger partial charge in [0, 0.05) is 17.3 Å². The number of rotatable bonds is 5. The molecule has 2 rings (SSSR count). The molecule has 4 nitrogen and oxygen atoms in total. The van der Waals surface area contributed by atoms with Gasteiger partial charge in [-0.15, -0.1) is 0 Å². The Balaban J connectivity index is 2.02. The smallest absolute Gasteiger partial charge is 0.248 e. The topological polar surface area (TPSA) is 47.6 Å². The second-order valence-corrected chi connectivity index (χ2v) is 4.29. The van der Waals surface area contributed by atoms with Gasteiger partial charge in [-0.05, 0) is 36.4 Å². The minimum Gasteiger partial charge on any atom is -0.497 e. The predicted octanol–water partition coefficient (Wildman–Crippen LogP) is 3.36. The maximum absolute atomic E-state index is 11.9. The Kier molecular flexibility index (Phi) is 4.99. The Bertz CT molecular complexity index is 633. The first-order chi connectivity index (χ1) is 10.2. The maximum atomic E-state index is 11.9. The van der Waals surface area contributed by atoms with Crippen LogP contribution in [-0.4, -0.2) is 20.1 Å². The molecule has 0 aliphatic rings. The summed E-state index contributed by atoms with van der Waals surface area (Å²) in [6.45, 7) is 0. The average Bonchev–Trinajstić information content (AvgIpc) is 2.54. The lowest BCUT2D eigenvalue weighted by Crippen LogP contribution is -2.07. The molecule has 2 aromatic carbocycles. The SMILES string of the molecule is COc1ccc(NC(=O)/C=C/c2ccccc2OC)cc1. The van der Waals surface area contributed by atoms with Gasteiger partial charge in [0.25, 0.3) is 0 Å². The van der Waals surface area contributed by atoms with Crippen molar-refractivity contribution >= 4 is 17.7 Å². The molecule has 1 N–H and O–H groups in total. The van der Waals surface area contributed by atoms with E-state index in [1.165, 1.54) is 6.08 Å². The summed E-state index contributed by atoms with van der Waals surface area (Å²) in [6.07, 6.45) is 3.19. The Morgan fingerprint density at radius 2 is 1.71 bits per heavy atom. The molecule has 0 aliphatic carbocycles. The molecular formula is C17H17NO3. The molecule has 108 valence electrons. The molecule has 0 saturated carbocycles. The maximum Gasteiger partial charge on any atom is 0.248 e. The molecule has 1 amide bonds. The fraction of sp³-hybridized carbons (Fsp3) is 0.118. The van der Waals surface area contributed by atoms with E-state index >= 15 is 0 Å². The summed E-state index contributed by atoms with van der Waals surface area (Å²) in [7, 11) is 3.20. The molecule has 0 radical (unpaired) electrons. The largest absolute Gasteiger partial charge is 0.497 e. The third-order valence-corrected chi connectivity index (χ3v) is 2.91. The molecule has 21 heavy (non-hydrogen) atoms. The summed E-state index contributed by atoms with van der Waals surface area (Å²) in [6, 6.07) is 14.7. The number of methoxy groups -OCH3 is 2. The molecule has 0 fully saturated rings. The molecule has 4 heteroatoms. The lowest BCUT2D eigenvalue weighted by atomic mass is 10.2. The van der Waals surface area contributed by atoms with E-state index < -0.39 is 0 Å². The van der Waals surface area contributed by atoms with Gasteiger partial charge in [0.1, 0.15) is 11.5 Å². The van der Waals surface area contributed by atoms with Gasteiger partial charge in [0.05, 0.1) is 14.2 Å². The third-order valence-electron chi connectivity index (χ3n) is 2.91. The molecule has 0 heterocycles. The van der Waals surface area contributed by atoms with Crippen molar-refractivity contribution in [2.24, 2.45) is 0 Å². The van der Waals surface area contributed by atoms with Gasteiger partial charge in [-0.2, -0.15) is 0 Å². The van der Waals surface area contributed by atoms with Crippen molar-refractivity contribution in [2.45, 2.75) is 0 Å². The van der Waals surface area contributed by atoms with Gasteiger partial charge < -0.3 is 14.8 Å². The van der Waals surface area contributed by atoms with Crippen LogP contribution in [0, 0.1) is 0 Å². The van der Waals surface area contributed by atoms with Crippen molar-refractivity contribution in [1.82, 2.24) is 0 Å². The second kappa shape index (κ2) is 7.14. The molecule has 0 aromatic heterocycles. The number of hydrogen-bond donors (Lipinski definition) is 1. The lowest BCUT2D eigenvalue weighted by molar-refractivity contribution is -0.111. The lowest BCUT2D eigenvalue weighted by Gasteiger charge is -2.05. The number of ether oxygens (including phenoxy) is 2. The van der Waals surface area contributed by atoms with Gasteiger partial charge in [-0.3, -0.25) is 4.79 Å². The molecule has 0 bridgehead atoms. The number of anilines is 1. The van der Waals surface area contributed by atoms with Crippen LogP contribution in [0.3, 0.4) is 0 Å². The minimum atomic E-state index is -0.203. The van der Waals surface area contributed by atoms with E-state index in [1.807, 2.05) is 24.3 Å². The zero-order valence-electron chi connectivity index (χ0n) is 12.0. The monoisotopic (exact) mass is 283 g/mol. The van der Waals surface area contributed by atoms with Crippen LogP contribution >= 0.6 is 0 Å². The van der Waals surface area contributed by atoms with Crippen LogP contribution in [0.5, 0.6) is 11.5 Å². The normalized spacial score (nSPS) is 10.4. The number of nitrogens with one attached hydrogen (secondary N) is 1. The molecule has 0 atom stereocenters. The van der Waals surface area contributed by atoms with Crippen LogP contribution < -0.4 is 14.8 Å². The van der Waals surface area contributed by atoms with Crippen molar-refractivity contribution in [3.8, 4) is 11.5 Å². The second-order valence-electron chi connectivity index (χ2n) is 4.29. The van der Waals surface area contributed by atoms with Gasteiger partial charge in [0.15, 0.2) is 0 Å². The zero-order valence-corrected chi connectivity index (χ0v) is 12.0. The summed E-state index contributed by atoms with van der Waals surface area (Å²) in [4.78, 5) is 11.9. The van der Waals surface area contributed by atoms with Crippen LogP contribution in [0.2, 0.25) is 0 Å². The molecule has 0 spiro atoms. The van der Waals surface area contributed by atoms with E-state index in [2.05, 4.69) is 5.32 Å². The quantitative estimate of drug-likeness (QED) is 0.856. The Hall–Kier alpha value is -2.75. The van der Waals surface area contributed by atoms with Gasteiger partial charge in [-0.1, -0.05) is 18.2 Å². The first kappa shape index (κ1) is 14.7. The number of benzene rings is 2. The van der Waals surface area contributed by atoms with E-state index in [0.29, 0.717) is 5.69 Å². The van der Waals surface area contributed by atoms with Gasteiger partial charge in [-0.25, -0.2) is 0 Å². The van der Waals surface area contributed by atoms with Crippen LogP contribution in [-0.2, 0) is 4.79 Å². The fourth-order valence-corrected chi connectivity index (χ4v) is 1.83. The van der Waals surface area contributed by atoms with E-state index in [0.717, 1.165) is 17.1 Å². The summed E-state index contributed by atoms with van der Waals surface area (Å²) >= 11 is 0. The van der Waals surface area contributed by atoms with Gasteiger partial charge >= 0.3 is 0 Å². The Morgan fingerprint density at radius 1 is 1.00 bits per heavy atom. The number of hydrogen-bond acceptors (Lipinski definition) is 3. The highest BCUT2D eigenvalue weighted by molar-refractivity contribution is 6.02. The molecular weight excluding hydrogens is 266 g/mol. The van der Waals surface area contributed by atoms with Crippen molar-refractivity contribution in [1.29, 1.82) is 0 Å². The van der Waals surface area contributed by atoms with Crippen LogP contribution in [0.1, 0.15) is 5.56 Å². The van der Waals surface area contributed by atoms with Crippen LogP contribution in [0.25, 0.3) is 6.08 Å². The van der Waals surface area contributed by atoms with Crippen molar-refractivity contribution in [2.75, 3.05) is 19.5 Å². The molecule has 0 saturated heterocycles. The summed E-state index contributed by atoms with van der Waals surface area (Å²) < 4.78 is 10.3. The number of para-hydroxylation sites is 1. The highest BCUT2D eigenvalue weighted by atomic mass is 16.5. The van der Waals surface area contributed by atoms with E-state index in [-0.39, 0.29) is 5.91 Å². The molecule has 0 aliphatic heterocycles. The van der Waals surface area contributed by atoms with Crippen molar-refractivity contribution in [3.63, 3.8) is 0 Å². The molecule has 0 unspecified atom stereocenters. The summed E-state index contributed by atoms with van der Waals surface area (Å²) in [5.74, 6) is 1.27. The third kappa shape index (κ3) is 4.11. The first-order valence-corrected chi connectivity index (χ1v) is 6.49. The zero-order chi connectivity index (χ0) is 15.1. The summed E-state index contributed by atoms with van der Waals surface area (Å²) in [5, 5.41) is 2.78. The number of carbonyl (C=O) groups is 1. The first-order valence-electron chi connectivity index (χ1n) is 6.49. The van der Waals surface area contributed by atoms with Crippen LogP contribution in [0.4, 0.5) is 5.69 Å². The predicted molar refractivity (Wildman–Crippen MR) is 83.7 cm³/mol. The minimum absolute atomic E-state index is 0.203. The van der Waals surface area contributed by atoms with Crippen LogP contribution in [0.15, 0.2) is 54.6 Å². The fourth-order valence-electron chi connectivity index (χ4n) is 1.83. The highest BCUT2D eigenvalue weighted by Gasteiger charge is 2.00. The number of amides is 1. The van der Waals surface area contributed by atoms with Gasteiger partial charge in [0.2, 0.25) is 5.91 Å². The average molecular weight is 283 g/mol. The molecule has 2 aromatic rings. The number of carbonyl (C=O) groups excluding carboxylic acids is 1. The standard InChI is InChI=1S/C17H17NO3/c1-20-15-10-8-14(9-11-15)18-17(19)12-7-13-5-3-4-6-16(13)21-2/h3-12H,1-2H3,(H,18,19)/b12-7+. The Morgan fingerprint density at radius 3 is 2.38 bits per heavy atom. The summed E-state index contributed by atoms with van der Waals surface area (Å²) in [5.41, 5.74) is 1.57.